The molecule has 0 saturated heterocycles. The van der Waals surface area contributed by atoms with Gasteiger partial charge in [0.15, 0.2) is 0 Å². The van der Waals surface area contributed by atoms with Gasteiger partial charge in [0.05, 0.1) is 6.61 Å². The summed E-state index contributed by atoms with van der Waals surface area (Å²) in [6.45, 7) is 1.35. The maximum absolute atomic E-state index is 11.5. The maximum atomic E-state index is 11.5. The first-order valence-corrected chi connectivity index (χ1v) is 8.37. The Morgan fingerprint density at radius 2 is 1.86 bits per heavy atom. The third-order valence-electron chi connectivity index (χ3n) is 4.23. The SMILES string of the molecule is O=C(O)C1(NCCCCOc2ccc(Cl)cc2)CCCCC1. The van der Waals surface area contributed by atoms with Gasteiger partial charge in [-0.25, -0.2) is 0 Å². The number of halogens is 1. The molecular weight excluding hydrogens is 302 g/mol. The van der Waals surface area contributed by atoms with E-state index in [1.54, 1.807) is 12.1 Å². The molecule has 5 heteroatoms. The number of unbranched alkanes of at least 4 members (excludes halogenated alkanes) is 1. The number of benzene rings is 1. The van der Waals surface area contributed by atoms with Crippen molar-refractivity contribution >= 4 is 17.6 Å². The van der Waals surface area contributed by atoms with Gasteiger partial charge in [0.2, 0.25) is 0 Å². The summed E-state index contributed by atoms with van der Waals surface area (Å²) in [4.78, 5) is 11.5. The number of aliphatic carboxylic acids is 1. The van der Waals surface area contributed by atoms with Crippen molar-refractivity contribution < 1.29 is 14.6 Å². The van der Waals surface area contributed by atoms with Gasteiger partial charge >= 0.3 is 5.97 Å². The molecule has 0 bridgehead atoms. The molecule has 0 radical (unpaired) electrons. The minimum atomic E-state index is -0.704. The predicted molar refractivity (Wildman–Crippen MR) is 87.6 cm³/mol. The van der Waals surface area contributed by atoms with Gasteiger partial charge in [-0.05, 0) is 56.5 Å². The van der Waals surface area contributed by atoms with Crippen LogP contribution in [0.4, 0.5) is 0 Å². The van der Waals surface area contributed by atoms with Crippen LogP contribution < -0.4 is 10.1 Å². The summed E-state index contributed by atoms with van der Waals surface area (Å²) in [5, 5.41) is 13.4. The van der Waals surface area contributed by atoms with E-state index in [-0.39, 0.29) is 0 Å². The van der Waals surface area contributed by atoms with Crippen molar-refractivity contribution in [3.8, 4) is 5.75 Å². The molecule has 0 amide bonds. The molecule has 1 saturated carbocycles. The molecule has 1 aromatic carbocycles. The maximum Gasteiger partial charge on any atom is 0.323 e. The summed E-state index contributed by atoms with van der Waals surface area (Å²) in [6.07, 6.45) is 6.42. The molecule has 4 nitrogen and oxygen atoms in total. The molecule has 0 heterocycles. The molecule has 1 aromatic rings. The van der Waals surface area contributed by atoms with Crippen molar-refractivity contribution in [3.05, 3.63) is 29.3 Å². The highest BCUT2D eigenvalue weighted by Gasteiger charge is 2.38. The number of carbonyl (C=O) groups is 1. The van der Waals surface area contributed by atoms with Crippen molar-refractivity contribution in [2.75, 3.05) is 13.2 Å². The minimum absolute atomic E-state index is 0.628. The van der Waals surface area contributed by atoms with Gasteiger partial charge in [0.25, 0.3) is 0 Å². The van der Waals surface area contributed by atoms with Crippen LogP contribution in [0.2, 0.25) is 5.02 Å². The fourth-order valence-corrected chi connectivity index (χ4v) is 3.02. The standard InChI is InChI=1S/C17H24ClNO3/c18-14-6-8-15(9-7-14)22-13-5-4-12-19-17(16(20)21)10-2-1-3-11-17/h6-9,19H,1-5,10-13H2,(H,20,21). The molecular formula is C17H24ClNO3. The largest absolute Gasteiger partial charge is 0.494 e. The lowest BCUT2D eigenvalue weighted by atomic mass is 9.81. The Bertz CT molecular complexity index is 469. The average Bonchev–Trinajstić information content (AvgIpc) is 2.53. The summed E-state index contributed by atoms with van der Waals surface area (Å²) in [5.41, 5.74) is -0.699. The Kier molecular flexibility index (Phi) is 6.52. The van der Waals surface area contributed by atoms with Gasteiger partial charge < -0.3 is 15.2 Å². The predicted octanol–water partition coefficient (Wildman–Crippen LogP) is 3.88. The zero-order valence-corrected chi connectivity index (χ0v) is 13.6. The van der Waals surface area contributed by atoms with E-state index in [4.69, 9.17) is 16.3 Å². The number of carboxylic acids is 1. The van der Waals surface area contributed by atoms with Crippen LogP contribution in [0.1, 0.15) is 44.9 Å². The van der Waals surface area contributed by atoms with E-state index < -0.39 is 11.5 Å². The molecule has 0 aliphatic heterocycles. The Labute approximate surface area is 136 Å². The minimum Gasteiger partial charge on any atom is -0.494 e. The van der Waals surface area contributed by atoms with E-state index in [1.165, 1.54) is 0 Å². The second kappa shape index (κ2) is 8.39. The second-order valence-electron chi connectivity index (χ2n) is 5.88. The van der Waals surface area contributed by atoms with Gasteiger partial charge in [-0.3, -0.25) is 4.79 Å². The monoisotopic (exact) mass is 325 g/mol. The molecule has 2 rings (SSSR count). The highest BCUT2D eigenvalue weighted by Crippen LogP contribution is 2.28. The first-order chi connectivity index (χ1) is 10.6. The van der Waals surface area contributed by atoms with Gasteiger partial charge in [-0.2, -0.15) is 0 Å². The highest BCUT2D eigenvalue weighted by atomic mass is 35.5. The number of ether oxygens (including phenoxy) is 1. The van der Waals surface area contributed by atoms with Gasteiger partial charge in [0.1, 0.15) is 11.3 Å². The Morgan fingerprint density at radius 3 is 2.50 bits per heavy atom. The summed E-state index contributed by atoms with van der Waals surface area (Å²) < 4.78 is 5.62. The van der Waals surface area contributed by atoms with Crippen molar-refractivity contribution in [1.29, 1.82) is 0 Å². The van der Waals surface area contributed by atoms with Crippen molar-refractivity contribution in [2.24, 2.45) is 0 Å². The zero-order valence-electron chi connectivity index (χ0n) is 12.8. The number of nitrogens with one attached hydrogen (secondary N) is 1. The van der Waals surface area contributed by atoms with E-state index in [0.29, 0.717) is 11.6 Å². The lowest BCUT2D eigenvalue weighted by molar-refractivity contribution is -0.146. The van der Waals surface area contributed by atoms with E-state index in [0.717, 1.165) is 57.2 Å². The molecule has 0 atom stereocenters. The van der Waals surface area contributed by atoms with E-state index in [2.05, 4.69) is 5.32 Å². The van der Waals surface area contributed by atoms with Crippen LogP contribution in [0.25, 0.3) is 0 Å². The smallest absolute Gasteiger partial charge is 0.323 e. The van der Waals surface area contributed by atoms with Crippen molar-refractivity contribution in [2.45, 2.75) is 50.5 Å². The molecule has 2 N–H and O–H groups in total. The van der Waals surface area contributed by atoms with Crippen LogP contribution in [-0.2, 0) is 4.79 Å². The fourth-order valence-electron chi connectivity index (χ4n) is 2.90. The zero-order chi connectivity index (χ0) is 15.8. The third kappa shape index (κ3) is 4.89. The molecule has 122 valence electrons. The summed E-state index contributed by atoms with van der Waals surface area (Å²) in [7, 11) is 0. The first kappa shape index (κ1) is 17.1. The Balaban J connectivity index is 1.64. The molecule has 1 aliphatic carbocycles. The molecule has 1 fully saturated rings. The van der Waals surface area contributed by atoms with Crippen LogP contribution in [-0.4, -0.2) is 29.8 Å². The molecule has 0 unspecified atom stereocenters. The molecule has 0 aromatic heterocycles. The van der Waals surface area contributed by atoms with Gasteiger partial charge in [-0.1, -0.05) is 30.9 Å². The first-order valence-electron chi connectivity index (χ1n) is 7.99. The highest BCUT2D eigenvalue weighted by molar-refractivity contribution is 6.30. The average molecular weight is 326 g/mol. The van der Waals surface area contributed by atoms with Crippen molar-refractivity contribution in [1.82, 2.24) is 5.32 Å². The quantitative estimate of drug-likeness (QED) is 0.712. The van der Waals surface area contributed by atoms with Crippen LogP contribution in [0.15, 0.2) is 24.3 Å². The van der Waals surface area contributed by atoms with Crippen LogP contribution >= 0.6 is 11.6 Å². The molecule has 22 heavy (non-hydrogen) atoms. The number of carboxylic acid groups (broad SMARTS) is 1. The number of hydrogen-bond donors (Lipinski definition) is 2. The van der Waals surface area contributed by atoms with E-state index in [1.807, 2.05) is 12.1 Å². The summed E-state index contributed by atoms with van der Waals surface area (Å²) in [6, 6.07) is 7.31. The Morgan fingerprint density at radius 1 is 1.18 bits per heavy atom. The van der Waals surface area contributed by atoms with Crippen LogP contribution in [0, 0.1) is 0 Å². The van der Waals surface area contributed by atoms with Crippen LogP contribution in [0.5, 0.6) is 5.75 Å². The summed E-state index contributed by atoms with van der Waals surface area (Å²) in [5.74, 6) is 0.108. The molecule has 0 spiro atoms. The lowest BCUT2D eigenvalue weighted by Crippen LogP contribution is -2.53. The van der Waals surface area contributed by atoms with Gasteiger partial charge in [-0.15, -0.1) is 0 Å². The Hall–Kier alpha value is -1.26. The van der Waals surface area contributed by atoms with E-state index in [9.17, 15) is 9.90 Å². The second-order valence-corrected chi connectivity index (χ2v) is 6.32. The normalized spacial score (nSPS) is 17.1. The third-order valence-corrected chi connectivity index (χ3v) is 4.49. The number of hydrogen-bond acceptors (Lipinski definition) is 3. The number of rotatable bonds is 8. The van der Waals surface area contributed by atoms with Gasteiger partial charge in [0, 0.05) is 5.02 Å². The van der Waals surface area contributed by atoms with Crippen molar-refractivity contribution in [3.63, 3.8) is 0 Å². The lowest BCUT2D eigenvalue weighted by Gasteiger charge is -2.34. The van der Waals surface area contributed by atoms with E-state index >= 15 is 0 Å². The fraction of sp³-hybridized carbons (Fsp3) is 0.588. The van der Waals surface area contributed by atoms with Crippen LogP contribution in [0.3, 0.4) is 0 Å². The molecule has 1 aliphatic rings. The topological polar surface area (TPSA) is 58.6 Å². The summed E-state index contributed by atoms with van der Waals surface area (Å²) >= 11 is 5.81.